The number of hydrogen-bond donors (Lipinski definition) is 1. The van der Waals surface area contributed by atoms with E-state index in [0.29, 0.717) is 12.0 Å². The SMILES string of the molecule is CCC1CCCCC1OC(c1ccc(Cl)s1)C(C)N. The molecule has 1 fully saturated rings. The lowest BCUT2D eigenvalue weighted by Gasteiger charge is -2.34. The Morgan fingerprint density at radius 3 is 2.74 bits per heavy atom. The second-order valence-electron chi connectivity index (χ2n) is 5.55. The summed E-state index contributed by atoms with van der Waals surface area (Å²) in [6, 6.07) is 3.97. The van der Waals surface area contributed by atoms with Gasteiger partial charge in [-0.25, -0.2) is 0 Å². The molecule has 2 nitrogen and oxygen atoms in total. The number of thiophene rings is 1. The third kappa shape index (κ3) is 3.94. The zero-order valence-electron chi connectivity index (χ0n) is 11.8. The van der Waals surface area contributed by atoms with Crippen molar-refractivity contribution < 1.29 is 4.74 Å². The van der Waals surface area contributed by atoms with E-state index in [1.54, 1.807) is 11.3 Å². The third-order valence-electron chi connectivity index (χ3n) is 4.04. The standard InChI is InChI=1S/C15H24ClNOS/c1-3-11-6-4-5-7-12(11)18-15(10(2)17)13-8-9-14(16)19-13/h8-12,15H,3-7,17H2,1-2H3. The molecular weight excluding hydrogens is 278 g/mol. The summed E-state index contributed by atoms with van der Waals surface area (Å²) >= 11 is 7.61. The minimum Gasteiger partial charge on any atom is -0.368 e. The van der Waals surface area contributed by atoms with Gasteiger partial charge in [-0.15, -0.1) is 11.3 Å². The maximum atomic E-state index is 6.38. The van der Waals surface area contributed by atoms with Crippen molar-refractivity contribution in [3.8, 4) is 0 Å². The predicted molar refractivity (Wildman–Crippen MR) is 82.8 cm³/mol. The van der Waals surface area contributed by atoms with Crippen molar-refractivity contribution in [2.24, 2.45) is 11.7 Å². The zero-order valence-corrected chi connectivity index (χ0v) is 13.3. The molecule has 0 spiro atoms. The number of nitrogens with two attached hydrogens (primary N) is 1. The molecule has 0 saturated heterocycles. The summed E-state index contributed by atoms with van der Waals surface area (Å²) in [5.41, 5.74) is 6.12. The molecule has 0 aromatic carbocycles. The van der Waals surface area contributed by atoms with Crippen molar-refractivity contribution in [2.75, 3.05) is 0 Å². The molecule has 4 heteroatoms. The maximum absolute atomic E-state index is 6.38. The van der Waals surface area contributed by atoms with E-state index in [4.69, 9.17) is 22.1 Å². The van der Waals surface area contributed by atoms with Gasteiger partial charge in [0, 0.05) is 10.9 Å². The maximum Gasteiger partial charge on any atom is 0.107 e. The number of ether oxygens (including phenoxy) is 1. The fourth-order valence-corrected chi connectivity index (χ4v) is 4.15. The summed E-state index contributed by atoms with van der Waals surface area (Å²) in [6.45, 7) is 4.28. The summed E-state index contributed by atoms with van der Waals surface area (Å²) < 4.78 is 7.19. The normalized spacial score (nSPS) is 27.2. The largest absolute Gasteiger partial charge is 0.368 e. The van der Waals surface area contributed by atoms with Gasteiger partial charge in [-0.1, -0.05) is 37.8 Å². The third-order valence-corrected chi connectivity index (χ3v) is 5.33. The quantitative estimate of drug-likeness (QED) is 0.850. The Labute approximate surface area is 125 Å². The lowest BCUT2D eigenvalue weighted by Crippen LogP contribution is -2.34. The molecule has 19 heavy (non-hydrogen) atoms. The van der Waals surface area contributed by atoms with Gasteiger partial charge in [-0.2, -0.15) is 0 Å². The monoisotopic (exact) mass is 301 g/mol. The van der Waals surface area contributed by atoms with Gasteiger partial charge in [0.2, 0.25) is 0 Å². The number of hydrogen-bond acceptors (Lipinski definition) is 3. The molecule has 0 radical (unpaired) electrons. The Hall–Kier alpha value is -0.0900. The van der Waals surface area contributed by atoms with Crippen LogP contribution >= 0.6 is 22.9 Å². The summed E-state index contributed by atoms with van der Waals surface area (Å²) in [5, 5.41) is 0. The smallest absolute Gasteiger partial charge is 0.107 e. The van der Waals surface area contributed by atoms with E-state index in [2.05, 4.69) is 6.92 Å². The van der Waals surface area contributed by atoms with Crippen LogP contribution in [0.2, 0.25) is 4.34 Å². The van der Waals surface area contributed by atoms with E-state index in [1.807, 2.05) is 19.1 Å². The molecule has 0 aliphatic heterocycles. The fourth-order valence-electron chi connectivity index (χ4n) is 2.94. The lowest BCUT2D eigenvalue weighted by atomic mass is 9.84. The van der Waals surface area contributed by atoms with Crippen LogP contribution < -0.4 is 5.73 Å². The molecule has 1 saturated carbocycles. The predicted octanol–water partition coefficient (Wildman–Crippen LogP) is 4.78. The van der Waals surface area contributed by atoms with E-state index in [-0.39, 0.29) is 12.1 Å². The van der Waals surface area contributed by atoms with E-state index in [9.17, 15) is 0 Å². The van der Waals surface area contributed by atoms with Gasteiger partial charge in [0.15, 0.2) is 0 Å². The van der Waals surface area contributed by atoms with Crippen molar-refractivity contribution in [1.82, 2.24) is 0 Å². The molecule has 4 unspecified atom stereocenters. The minimum absolute atomic E-state index is 0.00542. The van der Waals surface area contributed by atoms with Crippen LogP contribution in [0.3, 0.4) is 0 Å². The van der Waals surface area contributed by atoms with E-state index >= 15 is 0 Å². The van der Waals surface area contributed by atoms with Gasteiger partial charge in [-0.05, 0) is 37.8 Å². The number of rotatable bonds is 5. The van der Waals surface area contributed by atoms with Gasteiger partial charge >= 0.3 is 0 Å². The zero-order chi connectivity index (χ0) is 13.8. The second kappa shape index (κ2) is 7.07. The van der Waals surface area contributed by atoms with Crippen molar-refractivity contribution in [3.63, 3.8) is 0 Å². The Bertz CT molecular complexity index is 393. The van der Waals surface area contributed by atoms with Crippen LogP contribution in [0.25, 0.3) is 0 Å². The van der Waals surface area contributed by atoms with Gasteiger partial charge in [0.05, 0.1) is 10.4 Å². The van der Waals surface area contributed by atoms with Gasteiger partial charge in [0.25, 0.3) is 0 Å². The Balaban J connectivity index is 2.07. The highest BCUT2D eigenvalue weighted by Crippen LogP contribution is 2.36. The van der Waals surface area contributed by atoms with Gasteiger partial charge in [0.1, 0.15) is 6.10 Å². The Morgan fingerprint density at radius 2 is 2.16 bits per heavy atom. The molecule has 108 valence electrons. The van der Waals surface area contributed by atoms with Crippen LogP contribution in [-0.2, 0) is 4.74 Å². The van der Waals surface area contributed by atoms with Crippen LogP contribution in [0.1, 0.15) is 56.9 Å². The Kier molecular flexibility index (Phi) is 5.70. The molecule has 1 aliphatic carbocycles. The molecule has 0 bridgehead atoms. The minimum atomic E-state index is -0.0188. The lowest BCUT2D eigenvalue weighted by molar-refractivity contribution is -0.0686. The molecule has 1 aromatic rings. The molecule has 2 N–H and O–H groups in total. The average Bonchev–Trinajstić information content (AvgIpc) is 2.82. The van der Waals surface area contributed by atoms with E-state index in [1.165, 1.54) is 32.1 Å². The van der Waals surface area contributed by atoms with Crippen molar-refractivity contribution >= 4 is 22.9 Å². The van der Waals surface area contributed by atoms with E-state index < -0.39 is 0 Å². The first-order valence-electron chi connectivity index (χ1n) is 7.28. The molecular formula is C15H24ClNOS. The first-order chi connectivity index (χ1) is 9.11. The molecule has 1 heterocycles. The summed E-state index contributed by atoms with van der Waals surface area (Å²) in [4.78, 5) is 1.15. The van der Waals surface area contributed by atoms with Gasteiger partial charge < -0.3 is 10.5 Å². The summed E-state index contributed by atoms with van der Waals surface area (Å²) in [7, 11) is 0. The fraction of sp³-hybridized carbons (Fsp3) is 0.733. The first kappa shape index (κ1) is 15.3. The van der Waals surface area contributed by atoms with Gasteiger partial charge in [-0.3, -0.25) is 0 Å². The molecule has 0 amide bonds. The average molecular weight is 302 g/mol. The van der Waals surface area contributed by atoms with Crippen LogP contribution in [0, 0.1) is 5.92 Å². The summed E-state index contributed by atoms with van der Waals surface area (Å²) in [6.07, 6.45) is 6.61. The molecule has 1 aliphatic rings. The first-order valence-corrected chi connectivity index (χ1v) is 8.47. The second-order valence-corrected chi connectivity index (χ2v) is 7.30. The van der Waals surface area contributed by atoms with Crippen molar-refractivity contribution in [2.45, 2.75) is 64.2 Å². The highest BCUT2D eigenvalue weighted by Gasteiger charge is 2.29. The molecule has 2 rings (SSSR count). The van der Waals surface area contributed by atoms with Crippen molar-refractivity contribution in [1.29, 1.82) is 0 Å². The summed E-state index contributed by atoms with van der Waals surface area (Å²) in [5.74, 6) is 0.686. The highest BCUT2D eigenvalue weighted by atomic mass is 35.5. The molecule has 4 atom stereocenters. The van der Waals surface area contributed by atoms with Crippen molar-refractivity contribution in [3.05, 3.63) is 21.3 Å². The Morgan fingerprint density at radius 1 is 1.42 bits per heavy atom. The topological polar surface area (TPSA) is 35.2 Å². The van der Waals surface area contributed by atoms with E-state index in [0.717, 1.165) is 9.21 Å². The molecule has 1 aromatic heterocycles. The van der Waals surface area contributed by atoms with Crippen LogP contribution in [0.15, 0.2) is 12.1 Å². The number of halogens is 1. The van der Waals surface area contributed by atoms with Crippen LogP contribution in [0.4, 0.5) is 0 Å². The highest BCUT2D eigenvalue weighted by molar-refractivity contribution is 7.16. The van der Waals surface area contributed by atoms with Crippen LogP contribution in [0.5, 0.6) is 0 Å². The van der Waals surface area contributed by atoms with Crippen LogP contribution in [-0.4, -0.2) is 12.1 Å².